The molecule has 0 aromatic heterocycles. The van der Waals surface area contributed by atoms with Gasteiger partial charge in [0.05, 0.1) is 15.2 Å². The topological polar surface area (TPSA) is 0 Å². The zero-order chi connectivity index (χ0) is 14.8. The van der Waals surface area contributed by atoms with Crippen LogP contribution < -0.4 is 10.4 Å². The van der Waals surface area contributed by atoms with E-state index in [9.17, 15) is 0 Å². The molecule has 0 bridgehead atoms. The van der Waals surface area contributed by atoms with Crippen LogP contribution in [0, 0.1) is 0 Å². The molecule has 0 unspecified atom stereocenters. The third kappa shape index (κ3) is 2.78. The average Bonchev–Trinajstić information content (AvgIpc) is 2.48. The van der Waals surface area contributed by atoms with Gasteiger partial charge in [0.15, 0.2) is 0 Å². The van der Waals surface area contributed by atoms with Gasteiger partial charge in [0.1, 0.15) is 0 Å². The van der Waals surface area contributed by atoms with E-state index in [1.165, 1.54) is 5.56 Å². The van der Waals surface area contributed by atoms with Gasteiger partial charge in [-0.25, -0.2) is 0 Å². The predicted octanol–water partition coefficient (Wildman–Crippen LogP) is 4.03. The van der Waals surface area contributed by atoms with Crippen LogP contribution in [0.2, 0.25) is 26.2 Å². The molecule has 106 valence electrons. The fourth-order valence-electron chi connectivity index (χ4n) is 2.59. The summed E-state index contributed by atoms with van der Waals surface area (Å²) in [7, 11) is -2.96. The van der Waals surface area contributed by atoms with E-state index < -0.39 is 15.2 Å². The highest BCUT2D eigenvalue weighted by Gasteiger charge is 2.43. The van der Waals surface area contributed by atoms with Crippen LogP contribution in [-0.4, -0.2) is 15.2 Å². The molecule has 0 aliphatic rings. The average molecular weight is 319 g/mol. The molecule has 0 nitrogen and oxygen atoms in total. The molecule has 0 aliphatic carbocycles. The van der Waals surface area contributed by atoms with E-state index in [0.717, 1.165) is 0 Å². The minimum atomic E-state index is -1.49. The van der Waals surface area contributed by atoms with Gasteiger partial charge in [-0.05, 0) is 5.56 Å². The van der Waals surface area contributed by atoms with Gasteiger partial charge in [-0.2, -0.15) is 0 Å². The maximum absolute atomic E-state index is 5.90. The van der Waals surface area contributed by atoms with Crippen molar-refractivity contribution in [3.63, 3.8) is 0 Å². The lowest BCUT2D eigenvalue weighted by Gasteiger charge is -2.39. The van der Waals surface area contributed by atoms with Gasteiger partial charge in [0.25, 0.3) is 0 Å². The first kappa shape index (κ1) is 15.6. The number of alkyl halides is 1. The first-order valence-corrected chi connectivity index (χ1v) is 14.6. The summed E-state index contributed by atoms with van der Waals surface area (Å²) < 4.78 is 0. The van der Waals surface area contributed by atoms with Crippen molar-refractivity contribution in [2.45, 2.75) is 32.1 Å². The molecule has 2 rings (SSSR count). The monoisotopic (exact) mass is 318 g/mol. The Morgan fingerprint density at radius 3 is 1.60 bits per heavy atom. The number of rotatable bonds is 4. The molecule has 20 heavy (non-hydrogen) atoms. The SMILES string of the molecule is C[Si](C)(c1ccccc1)[Si](C)(C)c1ccc(CCl)cc1. The van der Waals surface area contributed by atoms with Crippen molar-refractivity contribution in [2.24, 2.45) is 0 Å². The van der Waals surface area contributed by atoms with Crippen LogP contribution in [0.4, 0.5) is 0 Å². The Labute approximate surface area is 129 Å². The Morgan fingerprint density at radius 2 is 1.15 bits per heavy atom. The predicted molar refractivity (Wildman–Crippen MR) is 96.7 cm³/mol. The summed E-state index contributed by atoms with van der Waals surface area (Å²) >= 11 is 5.90. The molecule has 0 N–H and O–H groups in total. The first-order valence-electron chi connectivity index (χ1n) is 7.10. The molecule has 0 spiro atoms. The Kier molecular flexibility index (Phi) is 4.57. The second-order valence-corrected chi connectivity index (χ2v) is 21.9. The van der Waals surface area contributed by atoms with Crippen LogP contribution in [0.5, 0.6) is 0 Å². The summed E-state index contributed by atoms with van der Waals surface area (Å²) in [6.07, 6.45) is 0. The van der Waals surface area contributed by atoms with Crippen molar-refractivity contribution in [2.75, 3.05) is 0 Å². The van der Waals surface area contributed by atoms with Crippen molar-refractivity contribution in [3.05, 3.63) is 60.2 Å². The van der Waals surface area contributed by atoms with Gasteiger partial charge in [-0.15, -0.1) is 11.6 Å². The van der Waals surface area contributed by atoms with Gasteiger partial charge < -0.3 is 0 Å². The summed E-state index contributed by atoms with van der Waals surface area (Å²) in [5, 5.41) is 3.12. The van der Waals surface area contributed by atoms with Crippen molar-refractivity contribution >= 4 is 37.2 Å². The quantitative estimate of drug-likeness (QED) is 0.589. The Bertz CT molecular complexity index is 559. The molecular formula is C17H23ClSi2. The van der Waals surface area contributed by atoms with E-state index in [1.54, 1.807) is 10.4 Å². The zero-order valence-electron chi connectivity index (χ0n) is 12.8. The number of benzene rings is 2. The largest absolute Gasteiger partial charge is 0.122 e. The lowest BCUT2D eigenvalue weighted by molar-refractivity contribution is 1.41. The molecular weight excluding hydrogens is 296 g/mol. The third-order valence-electron chi connectivity index (χ3n) is 4.89. The van der Waals surface area contributed by atoms with Crippen LogP contribution in [-0.2, 0) is 5.88 Å². The van der Waals surface area contributed by atoms with Crippen LogP contribution in [0.3, 0.4) is 0 Å². The molecule has 0 amide bonds. The second-order valence-electron chi connectivity index (χ2n) is 6.45. The van der Waals surface area contributed by atoms with Crippen LogP contribution in [0.15, 0.2) is 54.6 Å². The highest BCUT2D eigenvalue weighted by atomic mass is 35.5. The van der Waals surface area contributed by atoms with E-state index in [-0.39, 0.29) is 0 Å². The van der Waals surface area contributed by atoms with Crippen molar-refractivity contribution in [1.29, 1.82) is 0 Å². The van der Waals surface area contributed by atoms with Crippen LogP contribution in [0.1, 0.15) is 5.56 Å². The van der Waals surface area contributed by atoms with Gasteiger partial charge in [-0.1, -0.05) is 91.2 Å². The van der Waals surface area contributed by atoms with E-state index in [0.29, 0.717) is 5.88 Å². The molecule has 0 saturated carbocycles. The minimum absolute atomic E-state index is 0.599. The lowest BCUT2D eigenvalue weighted by atomic mass is 10.2. The van der Waals surface area contributed by atoms with Crippen LogP contribution >= 0.6 is 11.6 Å². The van der Waals surface area contributed by atoms with Crippen molar-refractivity contribution < 1.29 is 0 Å². The molecule has 0 atom stereocenters. The summed E-state index contributed by atoms with van der Waals surface area (Å²) in [6.45, 7) is 10.1. The highest BCUT2D eigenvalue weighted by Crippen LogP contribution is 2.20. The fraction of sp³-hybridized carbons (Fsp3) is 0.294. The molecule has 0 fully saturated rings. The van der Waals surface area contributed by atoms with E-state index in [2.05, 4.69) is 80.8 Å². The number of hydrogen-bond donors (Lipinski definition) is 0. The third-order valence-corrected chi connectivity index (χ3v) is 23.0. The zero-order valence-corrected chi connectivity index (χ0v) is 15.5. The van der Waals surface area contributed by atoms with Crippen molar-refractivity contribution in [3.8, 4) is 0 Å². The molecule has 2 aromatic carbocycles. The Hall–Kier alpha value is -0.836. The maximum Gasteiger partial charge on any atom is 0.0791 e. The Balaban J connectivity index is 2.42. The first-order chi connectivity index (χ1) is 9.39. The standard InChI is InChI=1S/C17H23ClSi2/c1-19(2,16-8-6-5-7-9-16)20(3,4)17-12-10-15(14-18)11-13-17/h5-13H,14H2,1-4H3. The van der Waals surface area contributed by atoms with E-state index in [1.807, 2.05) is 0 Å². The number of hydrogen-bond acceptors (Lipinski definition) is 0. The molecule has 0 saturated heterocycles. The minimum Gasteiger partial charge on any atom is -0.122 e. The van der Waals surface area contributed by atoms with E-state index >= 15 is 0 Å². The fourth-order valence-corrected chi connectivity index (χ4v) is 11.6. The maximum atomic E-state index is 5.90. The lowest BCUT2D eigenvalue weighted by Crippen LogP contribution is -2.69. The Morgan fingerprint density at radius 1 is 0.700 bits per heavy atom. The van der Waals surface area contributed by atoms with Crippen molar-refractivity contribution in [1.82, 2.24) is 0 Å². The molecule has 2 aromatic rings. The molecule has 0 radical (unpaired) electrons. The number of halogens is 1. The van der Waals surface area contributed by atoms with Gasteiger partial charge >= 0.3 is 0 Å². The van der Waals surface area contributed by atoms with E-state index in [4.69, 9.17) is 11.6 Å². The smallest absolute Gasteiger partial charge is 0.0791 e. The second kappa shape index (κ2) is 5.88. The summed E-state index contributed by atoms with van der Waals surface area (Å²) in [5.41, 5.74) is 1.21. The van der Waals surface area contributed by atoms with Crippen LogP contribution in [0.25, 0.3) is 0 Å². The molecule has 0 heterocycles. The highest BCUT2D eigenvalue weighted by molar-refractivity contribution is 7.49. The van der Waals surface area contributed by atoms with Gasteiger partial charge in [0.2, 0.25) is 0 Å². The summed E-state index contributed by atoms with van der Waals surface area (Å²) in [5.74, 6) is 0.599. The van der Waals surface area contributed by atoms with Gasteiger partial charge in [-0.3, -0.25) is 0 Å². The summed E-state index contributed by atoms with van der Waals surface area (Å²) in [4.78, 5) is 0. The van der Waals surface area contributed by atoms with Gasteiger partial charge in [0, 0.05) is 5.88 Å². The summed E-state index contributed by atoms with van der Waals surface area (Å²) in [6, 6.07) is 20.1. The normalized spacial score (nSPS) is 12.4. The molecule has 3 heteroatoms. The molecule has 0 aliphatic heterocycles.